The highest BCUT2D eigenvalue weighted by Crippen LogP contribution is 2.26. The van der Waals surface area contributed by atoms with Gasteiger partial charge in [0.1, 0.15) is 5.82 Å². The van der Waals surface area contributed by atoms with Crippen LogP contribution in [0, 0.1) is 0 Å². The number of aromatic nitrogens is 1. The third-order valence-corrected chi connectivity index (χ3v) is 4.05. The molecule has 1 atom stereocenters. The molecule has 21 heavy (non-hydrogen) atoms. The summed E-state index contributed by atoms with van der Waals surface area (Å²) >= 11 is 0. The first-order chi connectivity index (χ1) is 10.3. The van der Waals surface area contributed by atoms with E-state index in [1.54, 1.807) is 0 Å². The molecule has 0 amide bonds. The largest absolute Gasteiger partial charge is 0.390 e. The van der Waals surface area contributed by atoms with Crippen molar-refractivity contribution in [2.75, 3.05) is 25.1 Å². The van der Waals surface area contributed by atoms with E-state index in [0.717, 1.165) is 36.2 Å². The molecule has 1 aromatic heterocycles. The second kappa shape index (κ2) is 6.41. The zero-order chi connectivity index (χ0) is 14.7. The molecule has 4 heteroatoms. The molecule has 112 valence electrons. The number of aliphatic hydroxyl groups is 1. The van der Waals surface area contributed by atoms with Crippen molar-refractivity contribution in [1.82, 2.24) is 4.98 Å². The Bertz CT molecular complexity index is 609. The minimum absolute atomic E-state index is 0.0361. The van der Waals surface area contributed by atoms with Crippen molar-refractivity contribution >= 4 is 16.6 Å². The van der Waals surface area contributed by atoms with Crippen LogP contribution in [-0.2, 0) is 11.3 Å². The molecule has 4 nitrogen and oxygen atoms in total. The Morgan fingerprint density at radius 1 is 1.33 bits per heavy atom. The molecule has 2 aromatic rings. The molecule has 0 radical (unpaired) electrons. The first-order valence-electron chi connectivity index (χ1n) is 7.60. The molecule has 1 aliphatic heterocycles. The van der Waals surface area contributed by atoms with Crippen molar-refractivity contribution in [2.24, 2.45) is 0 Å². The fourth-order valence-electron chi connectivity index (χ4n) is 2.95. The topological polar surface area (TPSA) is 45.6 Å². The molecule has 0 aliphatic carbocycles. The molecule has 1 saturated heterocycles. The van der Waals surface area contributed by atoms with Crippen LogP contribution in [0.15, 0.2) is 30.3 Å². The molecule has 0 saturated carbocycles. The average Bonchev–Trinajstić information content (AvgIpc) is 2.54. The van der Waals surface area contributed by atoms with Gasteiger partial charge in [0.2, 0.25) is 0 Å². The molecule has 0 spiro atoms. The van der Waals surface area contributed by atoms with Gasteiger partial charge in [-0.25, -0.2) is 4.98 Å². The third kappa shape index (κ3) is 3.17. The van der Waals surface area contributed by atoms with Gasteiger partial charge in [0.25, 0.3) is 0 Å². The van der Waals surface area contributed by atoms with Gasteiger partial charge >= 0.3 is 0 Å². The first kappa shape index (κ1) is 14.3. The number of rotatable bonds is 4. The summed E-state index contributed by atoms with van der Waals surface area (Å²) in [5, 5.41) is 11.7. The van der Waals surface area contributed by atoms with E-state index in [1.807, 2.05) is 25.2 Å². The lowest BCUT2D eigenvalue weighted by molar-refractivity contribution is 0.0215. The monoisotopic (exact) mass is 286 g/mol. The van der Waals surface area contributed by atoms with Crippen LogP contribution in [0.2, 0.25) is 0 Å². The maximum atomic E-state index is 9.42. The van der Waals surface area contributed by atoms with E-state index in [-0.39, 0.29) is 12.7 Å². The summed E-state index contributed by atoms with van der Waals surface area (Å²) in [4.78, 5) is 6.76. The molecule has 1 fully saturated rings. The number of benzene rings is 1. The Kier molecular flexibility index (Phi) is 4.36. The summed E-state index contributed by atoms with van der Waals surface area (Å²) in [6.07, 6.45) is 3.80. The predicted molar refractivity (Wildman–Crippen MR) is 84.5 cm³/mol. The fourth-order valence-corrected chi connectivity index (χ4v) is 2.95. The summed E-state index contributed by atoms with van der Waals surface area (Å²) in [5.41, 5.74) is 0.708. The van der Waals surface area contributed by atoms with Gasteiger partial charge in [-0.3, -0.25) is 0 Å². The van der Waals surface area contributed by atoms with Gasteiger partial charge in [-0.05, 0) is 30.7 Å². The van der Waals surface area contributed by atoms with E-state index in [9.17, 15) is 5.11 Å². The number of aliphatic hydroxyl groups excluding tert-OH is 1. The lowest BCUT2D eigenvalue weighted by Crippen LogP contribution is -2.34. The molecule has 3 rings (SSSR count). The van der Waals surface area contributed by atoms with Crippen LogP contribution < -0.4 is 4.90 Å². The SMILES string of the molecule is CN(CC1CCCCO1)c1nc(CO)cc2ccccc12. The maximum absolute atomic E-state index is 9.42. The molecule has 2 heterocycles. The minimum atomic E-state index is -0.0361. The standard InChI is InChI=1S/C17H22N2O2/c1-19(11-15-7-4-5-9-21-15)17-16-8-3-2-6-13(16)10-14(12-20)18-17/h2-3,6,8,10,15,20H,4-5,7,9,11-12H2,1H3. The smallest absolute Gasteiger partial charge is 0.136 e. The van der Waals surface area contributed by atoms with Crippen LogP contribution in [0.3, 0.4) is 0 Å². The van der Waals surface area contributed by atoms with Crippen LogP contribution in [-0.4, -0.2) is 36.4 Å². The van der Waals surface area contributed by atoms with Crippen LogP contribution in [0.1, 0.15) is 25.0 Å². The van der Waals surface area contributed by atoms with Crippen molar-refractivity contribution in [3.8, 4) is 0 Å². The van der Waals surface area contributed by atoms with E-state index >= 15 is 0 Å². The average molecular weight is 286 g/mol. The van der Waals surface area contributed by atoms with Crippen molar-refractivity contribution in [3.05, 3.63) is 36.0 Å². The highest BCUT2D eigenvalue weighted by Gasteiger charge is 2.18. The molecule has 0 bridgehead atoms. The number of anilines is 1. The molecule has 1 N–H and O–H groups in total. The van der Waals surface area contributed by atoms with Gasteiger partial charge in [-0.1, -0.05) is 24.3 Å². The molecular weight excluding hydrogens is 264 g/mol. The Hall–Kier alpha value is -1.65. The quantitative estimate of drug-likeness (QED) is 0.938. The number of likely N-dealkylation sites (N-methyl/N-ethyl adjacent to an activating group) is 1. The fraction of sp³-hybridized carbons (Fsp3) is 0.471. The van der Waals surface area contributed by atoms with Crippen molar-refractivity contribution in [2.45, 2.75) is 32.0 Å². The summed E-state index contributed by atoms with van der Waals surface area (Å²) in [6, 6.07) is 10.1. The summed E-state index contributed by atoms with van der Waals surface area (Å²) < 4.78 is 5.82. The highest BCUT2D eigenvalue weighted by atomic mass is 16.5. The van der Waals surface area contributed by atoms with Crippen molar-refractivity contribution in [1.29, 1.82) is 0 Å². The zero-order valence-corrected chi connectivity index (χ0v) is 12.5. The zero-order valence-electron chi connectivity index (χ0n) is 12.5. The van der Waals surface area contributed by atoms with Crippen LogP contribution in [0.4, 0.5) is 5.82 Å². The van der Waals surface area contributed by atoms with Gasteiger partial charge in [-0.15, -0.1) is 0 Å². The first-order valence-corrected chi connectivity index (χ1v) is 7.60. The second-order valence-corrected chi connectivity index (χ2v) is 5.69. The summed E-state index contributed by atoms with van der Waals surface area (Å²) in [6.45, 7) is 1.67. The van der Waals surface area contributed by atoms with Gasteiger partial charge in [0.05, 0.1) is 18.4 Å². The second-order valence-electron chi connectivity index (χ2n) is 5.69. The number of nitrogens with zero attached hydrogens (tertiary/aromatic N) is 2. The minimum Gasteiger partial charge on any atom is -0.390 e. The van der Waals surface area contributed by atoms with Gasteiger partial charge < -0.3 is 14.7 Å². The highest BCUT2D eigenvalue weighted by molar-refractivity contribution is 5.92. The van der Waals surface area contributed by atoms with Crippen LogP contribution in [0.5, 0.6) is 0 Å². The van der Waals surface area contributed by atoms with Gasteiger partial charge in [0.15, 0.2) is 0 Å². The number of fused-ring (bicyclic) bond motifs is 1. The van der Waals surface area contributed by atoms with E-state index in [4.69, 9.17) is 4.74 Å². The normalized spacial score (nSPS) is 18.9. The van der Waals surface area contributed by atoms with E-state index in [0.29, 0.717) is 5.69 Å². The lowest BCUT2D eigenvalue weighted by atomic mass is 10.1. The Labute approximate surface area is 125 Å². The summed E-state index contributed by atoms with van der Waals surface area (Å²) in [5.74, 6) is 0.923. The molecule has 1 aliphatic rings. The molecule has 1 unspecified atom stereocenters. The van der Waals surface area contributed by atoms with Crippen LogP contribution in [0.25, 0.3) is 10.8 Å². The van der Waals surface area contributed by atoms with E-state index < -0.39 is 0 Å². The van der Waals surface area contributed by atoms with Gasteiger partial charge in [-0.2, -0.15) is 0 Å². The third-order valence-electron chi connectivity index (χ3n) is 4.05. The summed E-state index contributed by atoms with van der Waals surface area (Å²) in [7, 11) is 2.05. The number of pyridine rings is 1. The number of ether oxygens (including phenoxy) is 1. The van der Waals surface area contributed by atoms with E-state index in [2.05, 4.69) is 22.0 Å². The Morgan fingerprint density at radius 3 is 2.95 bits per heavy atom. The van der Waals surface area contributed by atoms with Gasteiger partial charge in [0, 0.05) is 25.6 Å². The number of hydrogen-bond acceptors (Lipinski definition) is 4. The van der Waals surface area contributed by atoms with E-state index in [1.165, 1.54) is 12.8 Å². The molecule has 1 aromatic carbocycles. The lowest BCUT2D eigenvalue weighted by Gasteiger charge is -2.28. The predicted octanol–water partition coefficient (Wildman–Crippen LogP) is 2.73. The Morgan fingerprint density at radius 2 is 2.19 bits per heavy atom. The van der Waals surface area contributed by atoms with Crippen LogP contribution >= 0.6 is 0 Å². The number of hydrogen-bond donors (Lipinski definition) is 1. The molecular formula is C17H22N2O2. The maximum Gasteiger partial charge on any atom is 0.136 e. The Balaban J connectivity index is 1.90. The van der Waals surface area contributed by atoms with Crippen molar-refractivity contribution in [3.63, 3.8) is 0 Å². The van der Waals surface area contributed by atoms with Crippen molar-refractivity contribution < 1.29 is 9.84 Å².